The molecule has 1 unspecified atom stereocenters. The Hall–Kier alpha value is -2.76. The monoisotopic (exact) mass is 288 g/mol. The van der Waals surface area contributed by atoms with Crippen molar-refractivity contribution in [3.8, 4) is 0 Å². The number of carboxylic acids is 1. The molecular weight excluding hydrogens is 275 g/mol. The van der Waals surface area contributed by atoms with Gasteiger partial charge in [0.15, 0.2) is 0 Å². The lowest BCUT2D eigenvalue weighted by Gasteiger charge is -2.13. The van der Waals surface area contributed by atoms with E-state index in [1.807, 2.05) is 0 Å². The molecule has 6 heteroatoms. The molecule has 2 rings (SSSR count). The zero-order valence-corrected chi connectivity index (χ0v) is 11.0. The molecule has 0 fully saturated rings. The lowest BCUT2D eigenvalue weighted by molar-refractivity contribution is -0.138. The molecule has 1 heterocycles. The van der Waals surface area contributed by atoms with Gasteiger partial charge in [0.2, 0.25) is 5.95 Å². The van der Waals surface area contributed by atoms with Gasteiger partial charge in [0.05, 0.1) is 11.5 Å². The van der Waals surface area contributed by atoms with Gasteiger partial charge in [0.1, 0.15) is 0 Å². The first-order chi connectivity index (χ1) is 10.1. The van der Waals surface area contributed by atoms with Crippen LogP contribution >= 0.6 is 0 Å². The second kappa shape index (κ2) is 6.60. The Morgan fingerprint density at radius 2 is 1.90 bits per heavy atom. The minimum absolute atomic E-state index is 0.132. The molecule has 0 aliphatic rings. The number of aromatic nitrogens is 1. The second-order valence-electron chi connectivity index (χ2n) is 4.35. The highest BCUT2D eigenvalue weighted by Crippen LogP contribution is 2.15. The molecule has 0 saturated carbocycles. The van der Waals surface area contributed by atoms with Crippen LogP contribution in [0.2, 0.25) is 0 Å². The van der Waals surface area contributed by atoms with Gasteiger partial charge in [0.25, 0.3) is 5.91 Å². The Kier molecular flexibility index (Phi) is 4.61. The smallest absolute Gasteiger partial charge is 0.312 e. The van der Waals surface area contributed by atoms with Crippen LogP contribution in [0.4, 0.5) is 4.39 Å². The summed E-state index contributed by atoms with van der Waals surface area (Å²) in [4.78, 5) is 26.5. The first-order valence-electron chi connectivity index (χ1n) is 6.26. The SMILES string of the molecule is O=C(NCC(C(=O)O)c1ccccc1)c1cccnc1F. The number of hydrogen-bond donors (Lipinski definition) is 2. The summed E-state index contributed by atoms with van der Waals surface area (Å²) in [5.41, 5.74) is 0.353. The fraction of sp³-hybridized carbons (Fsp3) is 0.133. The second-order valence-corrected chi connectivity index (χ2v) is 4.35. The van der Waals surface area contributed by atoms with E-state index in [1.165, 1.54) is 18.3 Å². The van der Waals surface area contributed by atoms with Crippen molar-refractivity contribution in [2.24, 2.45) is 0 Å². The highest BCUT2D eigenvalue weighted by Gasteiger charge is 2.21. The van der Waals surface area contributed by atoms with Gasteiger partial charge in [-0.15, -0.1) is 0 Å². The van der Waals surface area contributed by atoms with E-state index in [9.17, 15) is 19.1 Å². The number of carboxylic acid groups (broad SMARTS) is 1. The summed E-state index contributed by atoms with van der Waals surface area (Å²) >= 11 is 0. The minimum atomic E-state index is -1.06. The van der Waals surface area contributed by atoms with Gasteiger partial charge < -0.3 is 10.4 Å². The van der Waals surface area contributed by atoms with Crippen LogP contribution in [-0.4, -0.2) is 28.5 Å². The molecule has 1 amide bonds. The van der Waals surface area contributed by atoms with Gasteiger partial charge in [-0.05, 0) is 17.7 Å². The molecule has 0 aliphatic heterocycles. The summed E-state index contributed by atoms with van der Waals surface area (Å²) in [6.07, 6.45) is 1.23. The van der Waals surface area contributed by atoms with E-state index in [2.05, 4.69) is 10.3 Å². The molecule has 108 valence electrons. The van der Waals surface area contributed by atoms with Gasteiger partial charge in [-0.2, -0.15) is 4.39 Å². The fourth-order valence-electron chi connectivity index (χ4n) is 1.88. The molecule has 0 bridgehead atoms. The maximum Gasteiger partial charge on any atom is 0.312 e. The number of pyridine rings is 1. The summed E-state index contributed by atoms with van der Waals surface area (Å²) in [7, 11) is 0. The molecule has 1 aromatic heterocycles. The van der Waals surface area contributed by atoms with Crippen molar-refractivity contribution < 1.29 is 19.1 Å². The molecule has 0 aliphatic carbocycles. The average Bonchev–Trinajstić information content (AvgIpc) is 2.48. The first-order valence-corrected chi connectivity index (χ1v) is 6.26. The Balaban J connectivity index is 2.08. The van der Waals surface area contributed by atoms with Crippen molar-refractivity contribution in [3.05, 3.63) is 65.7 Å². The number of aliphatic carboxylic acids is 1. The highest BCUT2D eigenvalue weighted by molar-refractivity contribution is 5.94. The number of halogens is 1. The van der Waals surface area contributed by atoms with Crippen molar-refractivity contribution in [2.75, 3.05) is 6.54 Å². The third-order valence-electron chi connectivity index (χ3n) is 2.97. The number of carbonyl (C=O) groups is 2. The molecule has 1 atom stereocenters. The zero-order chi connectivity index (χ0) is 15.2. The number of amides is 1. The zero-order valence-electron chi connectivity index (χ0n) is 11.0. The van der Waals surface area contributed by atoms with Crippen LogP contribution in [0.25, 0.3) is 0 Å². The molecule has 5 nitrogen and oxygen atoms in total. The molecule has 0 radical (unpaired) electrons. The average molecular weight is 288 g/mol. The van der Waals surface area contributed by atoms with E-state index >= 15 is 0 Å². The van der Waals surface area contributed by atoms with Gasteiger partial charge in [-0.3, -0.25) is 9.59 Å². The Bertz CT molecular complexity index is 646. The van der Waals surface area contributed by atoms with Crippen molar-refractivity contribution >= 4 is 11.9 Å². The summed E-state index contributed by atoms with van der Waals surface area (Å²) in [5.74, 6) is -3.53. The van der Waals surface area contributed by atoms with Gasteiger partial charge in [0, 0.05) is 12.7 Å². The van der Waals surface area contributed by atoms with Crippen LogP contribution in [0.1, 0.15) is 21.8 Å². The summed E-state index contributed by atoms with van der Waals surface area (Å²) < 4.78 is 13.4. The standard InChI is InChI=1S/C15H13FN2O3/c16-13-11(7-4-8-17-13)14(19)18-9-12(15(20)21)10-5-2-1-3-6-10/h1-8,12H,9H2,(H,18,19)(H,20,21). The van der Waals surface area contributed by atoms with E-state index in [-0.39, 0.29) is 12.1 Å². The van der Waals surface area contributed by atoms with Crippen LogP contribution in [-0.2, 0) is 4.79 Å². The van der Waals surface area contributed by atoms with Gasteiger partial charge in [-0.1, -0.05) is 30.3 Å². The maximum absolute atomic E-state index is 13.4. The lowest BCUT2D eigenvalue weighted by atomic mass is 9.99. The largest absolute Gasteiger partial charge is 0.481 e. The fourth-order valence-corrected chi connectivity index (χ4v) is 1.88. The number of carbonyl (C=O) groups excluding carboxylic acids is 1. The maximum atomic E-state index is 13.4. The molecular formula is C15H13FN2O3. The number of nitrogens with zero attached hydrogens (tertiary/aromatic N) is 1. The van der Waals surface area contributed by atoms with E-state index in [0.29, 0.717) is 5.56 Å². The summed E-state index contributed by atoms with van der Waals surface area (Å²) in [6.45, 7) is -0.132. The molecule has 21 heavy (non-hydrogen) atoms. The number of nitrogens with one attached hydrogen (secondary N) is 1. The molecule has 0 saturated heterocycles. The third-order valence-corrected chi connectivity index (χ3v) is 2.97. The van der Waals surface area contributed by atoms with Crippen LogP contribution in [0.5, 0.6) is 0 Å². The Morgan fingerprint density at radius 3 is 2.52 bits per heavy atom. The lowest BCUT2D eigenvalue weighted by Crippen LogP contribution is -2.32. The van der Waals surface area contributed by atoms with E-state index in [4.69, 9.17) is 0 Å². The number of rotatable bonds is 5. The van der Waals surface area contributed by atoms with Gasteiger partial charge >= 0.3 is 5.97 Å². The van der Waals surface area contributed by atoms with Gasteiger partial charge in [-0.25, -0.2) is 4.98 Å². The Morgan fingerprint density at radius 1 is 1.19 bits per heavy atom. The molecule has 2 N–H and O–H groups in total. The predicted octanol–water partition coefficient (Wildman–Crippen LogP) is 1.82. The topological polar surface area (TPSA) is 79.3 Å². The van der Waals surface area contributed by atoms with E-state index in [1.54, 1.807) is 30.3 Å². The van der Waals surface area contributed by atoms with Crippen LogP contribution in [0.15, 0.2) is 48.7 Å². The molecule has 0 spiro atoms. The predicted molar refractivity (Wildman–Crippen MR) is 73.3 cm³/mol. The first kappa shape index (κ1) is 14.6. The number of benzene rings is 1. The summed E-state index contributed by atoms with van der Waals surface area (Å²) in [5, 5.41) is 11.6. The van der Waals surface area contributed by atoms with Crippen molar-refractivity contribution in [1.82, 2.24) is 10.3 Å². The minimum Gasteiger partial charge on any atom is -0.481 e. The van der Waals surface area contributed by atoms with E-state index < -0.39 is 23.7 Å². The molecule has 2 aromatic rings. The van der Waals surface area contributed by atoms with Crippen molar-refractivity contribution in [1.29, 1.82) is 0 Å². The highest BCUT2D eigenvalue weighted by atomic mass is 19.1. The quantitative estimate of drug-likeness (QED) is 0.822. The van der Waals surface area contributed by atoms with Crippen molar-refractivity contribution in [3.63, 3.8) is 0 Å². The van der Waals surface area contributed by atoms with Crippen LogP contribution < -0.4 is 5.32 Å². The van der Waals surface area contributed by atoms with Crippen LogP contribution in [0, 0.1) is 5.95 Å². The van der Waals surface area contributed by atoms with E-state index in [0.717, 1.165) is 0 Å². The number of hydrogen-bond acceptors (Lipinski definition) is 3. The summed E-state index contributed by atoms with van der Waals surface area (Å²) in [6, 6.07) is 11.2. The molecule has 1 aromatic carbocycles. The van der Waals surface area contributed by atoms with Crippen molar-refractivity contribution in [2.45, 2.75) is 5.92 Å². The normalized spacial score (nSPS) is 11.7. The Labute approximate surface area is 120 Å². The third kappa shape index (κ3) is 3.62. The van der Waals surface area contributed by atoms with Crippen LogP contribution in [0.3, 0.4) is 0 Å².